The zero-order valence-corrected chi connectivity index (χ0v) is 21.1. The Hall–Kier alpha value is -4.32. The molecular formula is C27H20F4N2O5S. The van der Waals surface area contributed by atoms with E-state index in [1.807, 2.05) is 0 Å². The molecule has 39 heavy (non-hydrogen) atoms. The minimum Gasteiger partial charge on any atom is -0.495 e. The van der Waals surface area contributed by atoms with Crippen molar-refractivity contribution in [2.24, 2.45) is 0 Å². The van der Waals surface area contributed by atoms with E-state index in [1.165, 1.54) is 25.3 Å². The van der Waals surface area contributed by atoms with E-state index in [1.54, 1.807) is 36.4 Å². The predicted octanol–water partition coefficient (Wildman–Crippen LogP) is 6.11. The molecule has 3 aromatic rings. The van der Waals surface area contributed by atoms with Crippen LogP contribution in [-0.2, 0) is 22.4 Å². The molecule has 0 atom stereocenters. The van der Waals surface area contributed by atoms with Crippen molar-refractivity contribution in [2.45, 2.75) is 12.8 Å². The normalized spacial score (nSPS) is 14.6. The number of hydrogen-bond acceptors (Lipinski definition) is 6. The molecule has 12 heteroatoms. The van der Waals surface area contributed by atoms with E-state index in [0.29, 0.717) is 34.0 Å². The van der Waals surface area contributed by atoms with Crippen molar-refractivity contribution in [3.8, 4) is 11.5 Å². The maximum absolute atomic E-state index is 13.1. The van der Waals surface area contributed by atoms with Crippen molar-refractivity contribution in [2.75, 3.05) is 19.0 Å². The van der Waals surface area contributed by atoms with Crippen LogP contribution in [0.15, 0.2) is 71.6 Å². The number of rotatable bonds is 8. The van der Waals surface area contributed by atoms with E-state index in [-0.39, 0.29) is 28.8 Å². The van der Waals surface area contributed by atoms with Crippen LogP contribution >= 0.6 is 11.8 Å². The number of imide groups is 1. The minimum absolute atomic E-state index is 0.0181. The molecule has 1 N–H and O–H groups in total. The topological polar surface area (TPSA) is 84.9 Å². The van der Waals surface area contributed by atoms with Gasteiger partial charge in [0.1, 0.15) is 30.5 Å². The Morgan fingerprint density at radius 2 is 1.72 bits per heavy atom. The summed E-state index contributed by atoms with van der Waals surface area (Å²) in [4.78, 5) is 38.5. The third kappa shape index (κ3) is 6.96. The molecule has 202 valence electrons. The largest absolute Gasteiger partial charge is 0.495 e. The van der Waals surface area contributed by atoms with Crippen LogP contribution in [0.4, 0.5) is 28.0 Å². The first-order valence-electron chi connectivity index (χ1n) is 11.3. The van der Waals surface area contributed by atoms with E-state index < -0.39 is 35.3 Å². The average Bonchev–Trinajstić information content (AvgIpc) is 3.15. The van der Waals surface area contributed by atoms with Crippen LogP contribution in [0.3, 0.4) is 0 Å². The van der Waals surface area contributed by atoms with Gasteiger partial charge in [0.2, 0.25) is 5.91 Å². The van der Waals surface area contributed by atoms with Crippen molar-refractivity contribution < 1.29 is 41.4 Å². The first-order valence-corrected chi connectivity index (χ1v) is 12.1. The van der Waals surface area contributed by atoms with Gasteiger partial charge in [-0.1, -0.05) is 24.3 Å². The lowest BCUT2D eigenvalue weighted by Crippen LogP contribution is -2.36. The molecule has 1 fully saturated rings. The van der Waals surface area contributed by atoms with E-state index in [0.717, 1.165) is 17.7 Å². The van der Waals surface area contributed by atoms with Gasteiger partial charge in [-0.2, -0.15) is 13.2 Å². The number of anilines is 1. The van der Waals surface area contributed by atoms with Crippen LogP contribution < -0.4 is 14.8 Å². The second-order valence-corrected chi connectivity index (χ2v) is 9.21. The smallest absolute Gasteiger partial charge is 0.416 e. The number of nitrogens with zero attached hydrogens (tertiary/aromatic N) is 1. The molecule has 1 aliphatic rings. The summed E-state index contributed by atoms with van der Waals surface area (Å²) in [5.74, 6) is -1.42. The van der Waals surface area contributed by atoms with E-state index in [2.05, 4.69) is 5.32 Å². The third-order valence-electron chi connectivity index (χ3n) is 5.47. The third-order valence-corrected chi connectivity index (χ3v) is 6.38. The molecule has 0 bridgehead atoms. The molecule has 4 rings (SSSR count). The first kappa shape index (κ1) is 27.7. The van der Waals surface area contributed by atoms with Crippen LogP contribution in [0.1, 0.15) is 16.7 Å². The number of alkyl halides is 3. The molecule has 7 nitrogen and oxygen atoms in total. The quantitative estimate of drug-likeness (QED) is 0.265. The lowest BCUT2D eigenvalue weighted by molar-refractivity contribution is -0.137. The summed E-state index contributed by atoms with van der Waals surface area (Å²) in [6, 6.07) is 15.1. The Kier molecular flexibility index (Phi) is 8.24. The summed E-state index contributed by atoms with van der Waals surface area (Å²) < 4.78 is 62.8. The van der Waals surface area contributed by atoms with Crippen molar-refractivity contribution in [1.29, 1.82) is 0 Å². The molecule has 0 saturated carbocycles. The fourth-order valence-corrected chi connectivity index (χ4v) is 4.35. The maximum atomic E-state index is 13.1. The van der Waals surface area contributed by atoms with Gasteiger partial charge in [0, 0.05) is 0 Å². The van der Waals surface area contributed by atoms with Crippen LogP contribution in [-0.4, -0.2) is 35.6 Å². The second-order valence-electron chi connectivity index (χ2n) is 8.21. The molecule has 1 saturated heterocycles. The minimum atomic E-state index is -4.64. The summed E-state index contributed by atoms with van der Waals surface area (Å²) >= 11 is 0.634. The zero-order valence-electron chi connectivity index (χ0n) is 20.3. The average molecular weight is 561 g/mol. The molecule has 0 radical (unpaired) electrons. The molecule has 0 aromatic heterocycles. The molecule has 0 unspecified atom stereocenters. The number of carbonyl (C=O) groups is 3. The highest BCUT2D eigenvalue weighted by Crippen LogP contribution is 2.36. The lowest BCUT2D eigenvalue weighted by Gasteiger charge is -2.16. The number of methoxy groups -OCH3 is 1. The Morgan fingerprint density at radius 1 is 1.03 bits per heavy atom. The Morgan fingerprint density at radius 3 is 2.36 bits per heavy atom. The zero-order chi connectivity index (χ0) is 28.2. The van der Waals surface area contributed by atoms with Gasteiger partial charge in [-0.3, -0.25) is 19.3 Å². The molecule has 3 aromatic carbocycles. The van der Waals surface area contributed by atoms with Crippen molar-refractivity contribution in [3.63, 3.8) is 0 Å². The van der Waals surface area contributed by atoms with Gasteiger partial charge in [0.15, 0.2) is 0 Å². The second kappa shape index (κ2) is 11.6. The van der Waals surface area contributed by atoms with Crippen LogP contribution in [0.2, 0.25) is 0 Å². The number of carbonyl (C=O) groups excluding carboxylic acids is 3. The number of thioether (sulfide) groups is 1. The van der Waals surface area contributed by atoms with Gasteiger partial charge in [-0.05, 0) is 71.4 Å². The highest BCUT2D eigenvalue weighted by atomic mass is 32.2. The summed E-state index contributed by atoms with van der Waals surface area (Å²) in [7, 11) is 1.23. The molecule has 1 heterocycles. The van der Waals surface area contributed by atoms with Gasteiger partial charge < -0.3 is 14.8 Å². The summed E-state index contributed by atoms with van der Waals surface area (Å²) in [5.41, 5.74) is 0.124. The van der Waals surface area contributed by atoms with Gasteiger partial charge in [-0.15, -0.1) is 0 Å². The Balaban J connectivity index is 1.38. The van der Waals surface area contributed by atoms with E-state index >= 15 is 0 Å². The number of ether oxygens (including phenoxy) is 2. The standard InChI is InChI=1S/C27H20F4N2O5S/c1-37-22-11-6-18(27(29,30)31)13-21(22)32-24(34)14-33-25(35)23(39-26(33)36)12-16-4-9-20(10-5-16)38-15-17-2-7-19(28)8-3-17/h2-13H,14-15H2,1H3,(H,32,34)/b23-12-. The summed E-state index contributed by atoms with van der Waals surface area (Å²) in [6.45, 7) is -0.468. The molecular weight excluding hydrogens is 540 g/mol. The van der Waals surface area contributed by atoms with Crippen LogP contribution in [0, 0.1) is 5.82 Å². The highest BCUT2D eigenvalue weighted by molar-refractivity contribution is 8.18. The fourth-order valence-electron chi connectivity index (χ4n) is 3.51. The molecule has 1 aliphatic heterocycles. The van der Waals surface area contributed by atoms with Crippen molar-refractivity contribution in [3.05, 3.63) is 94.1 Å². The monoisotopic (exact) mass is 560 g/mol. The summed E-state index contributed by atoms with van der Waals surface area (Å²) in [5, 5.41) is 1.57. The van der Waals surface area contributed by atoms with Gasteiger partial charge in [0.05, 0.1) is 23.3 Å². The highest BCUT2D eigenvalue weighted by Gasteiger charge is 2.37. The van der Waals surface area contributed by atoms with E-state index in [9.17, 15) is 31.9 Å². The van der Waals surface area contributed by atoms with Gasteiger partial charge in [-0.25, -0.2) is 4.39 Å². The van der Waals surface area contributed by atoms with Gasteiger partial charge >= 0.3 is 6.18 Å². The molecule has 3 amide bonds. The maximum Gasteiger partial charge on any atom is 0.416 e. The SMILES string of the molecule is COc1ccc(C(F)(F)F)cc1NC(=O)CN1C(=O)S/C(=C\c2ccc(OCc3ccc(F)cc3)cc2)C1=O. The van der Waals surface area contributed by atoms with E-state index in [4.69, 9.17) is 9.47 Å². The van der Waals surface area contributed by atoms with Crippen molar-refractivity contribution >= 4 is 40.6 Å². The van der Waals surface area contributed by atoms with Crippen molar-refractivity contribution in [1.82, 2.24) is 4.90 Å². The number of halogens is 4. The number of hydrogen-bond donors (Lipinski definition) is 1. The van der Waals surface area contributed by atoms with Crippen LogP contribution in [0.25, 0.3) is 6.08 Å². The Labute approximate surface area is 224 Å². The molecule has 0 spiro atoms. The molecule has 0 aliphatic carbocycles. The number of benzene rings is 3. The number of nitrogens with one attached hydrogen (secondary N) is 1. The first-order chi connectivity index (χ1) is 18.5. The fraction of sp³-hybridized carbons (Fsp3) is 0.148. The summed E-state index contributed by atoms with van der Waals surface area (Å²) in [6.07, 6.45) is -3.17. The Bertz CT molecular complexity index is 1420. The lowest BCUT2D eigenvalue weighted by atomic mass is 10.1. The predicted molar refractivity (Wildman–Crippen MR) is 136 cm³/mol. The van der Waals surface area contributed by atoms with Gasteiger partial charge in [0.25, 0.3) is 11.1 Å². The number of amides is 3. The van der Waals surface area contributed by atoms with Crippen LogP contribution in [0.5, 0.6) is 11.5 Å².